The van der Waals surface area contributed by atoms with Crippen LogP contribution in [0.1, 0.15) is 11.1 Å². The summed E-state index contributed by atoms with van der Waals surface area (Å²) in [5, 5.41) is 5.90. The van der Waals surface area contributed by atoms with Crippen molar-refractivity contribution in [2.24, 2.45) is 0 Å². The minimum atomic E-state index is -4.42. The topological polar surface area (TPSA) is 75.9 Å². The number of anilines is 4. The third-order valence-corrected chi connectivity index (χ3v) is 3.64. The van der Waals surface area contributed by atoms with Gasteiger partial charge in [0.25, 0.3) is 0 Å². The number of hydrogen-bond acceptors (Lipinski definition) is 5. The van der Waals surface area contributed by atoms with Crippen LogP contribution in [0.4, 0.5) is 36.2 Å². The molecule has 0 bridgehead atoms. The van der Waals surface area contributed by atoms with Gasteiger partial charge in [-0.3, -0.25) is 0 Å². The number of nitrogen functional groups attached to an aromatic ring is 1. The second kappa shape index (κ2) is 7.30. The van der Waals surface area contributed by atoms with Gasteiger partial charge in [-0.05, 0) is 23.8 Å². The van der Waals surface area contributed by atoms with Crippen LogP contribution in [0.5, 0.6) is 0 Å². The van der Waals surface area contributed by atoms with Crippen LogP contribution in [0, 0.1) is 0 Å². The van der Waals surface area contributed by atoms with E-state index in [0.29, 0.717) is 12.4 Å². The minimum absolute atomic E-state index is 0.223. The van der Waals surface area contributed by atoms with Crippen LogP contribution in [-0.2, 0) is 12.7 Å². The van der Waals surface area contributed by atoms with Crippen molar-refractivity contribution in [3.8, 4) is 0 Å². The molecule has 0 aliphatic carbocycles. The van der Waals surface area contributed by atoms with Gasteiger partial charge in [0.05, 0.1) is 5.56 Å². The Morgan fingerprint density at radius 2 is 1.65 bits per heavy atom. The number of rotatable bonds is 5. The standard InChI is InChI=1S/C18H16F3N5/c19-18(20,21)13-7-4-8-14(9-13)26-17-15(22)16(24-11-25-17)23-10-12-5-2-1-3-6-12/h1-9,11H,10,22H2,(H2,23,24,25,26). The van der Waals surface area contributed by atoms with Gasteiger partial charge in [0.1, 0.15) is 12.0 Å². The Hall–Kier alpha value is -3.29. The molecular formula is C18H16F3N5. The Morgan fingerprint density at radius 1 is 0.923 bits per heavy atom. The summed E-state index contributed by atoms with van der Waals surface area (Å²) in [7, 11) is 0. The summed E-state index contributed by atoms with van der Waals surface area (Å²) >= 11 is 0. The van der Waals surface area contributed by atoms with Crippen molar-refractivity contribution in [2.75, 3.05) is 16.4 Å². The average Bonchev–Trinajstić information content (AvgIpc) is 2.63. The molecule has 1 aromatic heterocycles. The minimum Gasteiger partial charge on any atom is -0.393 e. The molecule has 3 aromatic rings. The maximum Gasteiger partial charge on any atom is 0.416 e. The van der Waals surface area contributed by atoms with E-state index in [-0.39, 0.29) is 17.2 Å². The van der Waals surface area contributed by atoms with Crippen LogP contribution < -0.4 is 16.4 Å². The average molecular weight is 359 g/mol. The highest BCUT2D eigenvalue weighted by Gasteiger charge is 2.30. The Balaban J connectivity index is 1.77. The molecule has 2 aromatic carbocycles. The van der Waals surface area contributed by atoms with E-state index < -0.39 is 11.7 Å². The summed E-state index contributed by atoms with van der Waals surface area (Å²) in [6.07, 6.45) is -3.13. The highest BCUT2D eigenvalue weighted by Crippen LogP contribution is 2.32. The first-order valence-corrected chi connectivity index (χ1v) is 7.76. The van der Waals surface area contributed by atoms with Crippen LogP contribution in [0.15, 0.2) is 60.9 Å². The van der Waals surface area contributed by atoms with Crippen molar-refractivity contribution < 1.29 is 13.2 Å². The van der Waals surface area contributed by atoms with E-state index >= 15 is 0 Å². The summed E-state index contributed by atoms with van der Waals surface area (Å²) in [6, 6.07) is 14.5. The monoisotopic (exact) mass is 359 g/mol. The zero-order chi connectivity index (χ0) is 18.6. The lowest BCUT2D eigenvalue weighted by Gasteiger charge is -2.14. The van der Waals surface area contributed by atoms with Crippen LogP contribution in [0.2, 0.25) is 0 Å². The summed E-state index contributed by atoms with van der Waals surface area (Å²) in [5.74, 6) is 0.633. The Bertz CT molecular complexity index is 881. The summed E-state index contributed by atoms with van der Waals surface area (Å²) in [6.45, 7) is 0.505. The van der Waals surface area contributed by atoms with Gasteiger partial charge >= 0.3 is 6.18 Å². The highest BCUT2D eigenvalue weighted by molar-refractivity contribution is 5.77. The predicted molar refractivity (Wildman–Crippen MR) is 94.9 cm³/mol. The third kappa shape index (κ3) is 4.21. The molecule has 8 heteroatoms. The first-order chi connectivity index (χ1) is 12.4. The van der Waals surface area contributed by atoms with Crippen molar-refractivity contribution in [3.63, 3.8) is 0 Å². The molecule has 0 saturated carbocycles. The number of nitrogens with two attached hydrogens (primary N) is 1. The lowest BCUT2D eigenvalue weighted by molar-refractivity contribution is -0.137. The van der Waals surface area contributed by atoms with Crippen molar-refractivity contribution in [3.05, 3.63) is 72.1 Å². The van der Waals surface area contributed by atoms with E-state index in [9.17, 15) is 13.2 Å². The Kier molecular flexibility index (Phi) is 4.92. The van der Waals surface area contributed by atoms with Gasteiger partial charge in [0.2, 0.25) is 0 Å². The molecule has 5 nitrogen and oxygen atoms in total. The Labute approximate surface area is 148 Å². The van der Waals surface area contributed by atoms with Crippen LogP contribution in [-0.4, -0.2) is 9.97 Å². The zero-order valence-corrected chi connectivity index (χ0v) is 13.6. The lowest BCUT2D eigenvalue weighted by Crippen LogP contribution is -2.09. The largest absolute Gasteiger partial charge is 0.416 e. The second-order valence-corrected chi connectivity index (χ2v) is 5.53. The molecule has 0 atom stereocenters. The molecule has 0 aliphatic heterocycles. The molecule has 0 aliphatic rings. The Morgan fingerprint density at radius 3 is 2.38 bits per heavy atom. The van der Waals surface area contributed by atoms with Gasteiger partial charge in [-0.15, -0.1) is 0 Å². The molecular weight excluding hydrogens is 343 g/mol. The molecule has 0 unspecified atom stereocenters. The lowest BCUT2D eigenvalue weighted by atomic mass is 10.2. The fourth-order valence-electron chi connectivity index (χ4n) is 2.33. The van der Waals surface area contributed by atoms with Gasteiger partial charge < -0.3 is 16.4 Å². The zero-order valence-electron chi connectivity index (χ0n) is 13.6. The molecule has 3 rings (SSSR count). The fourth-order valence-corrected chi connectivity index (χ4v) is 2.33. The number of alkyl halides is 3. The van der Waals surface area contributed by atoms with Crippen LogP contribution in [0.25, 0.3) is 0 Å². The number of nitrogens with one attached hydrogen (secondary N) is 2. The fraction of sp³-hybridized carbons (Fsp3) is 0.111. The molecule has 0 amide bonds. The van der Waals surface area contributed by atoms with E-state index in [0.717, 1.165) is 17.7 Å². The van der Waals surface area contributed by atoms with Gasteiger partial charge in [0.15, 0.2) is 11.6 Å². The first kappa shape index (κ1) is 17.5. The SMILES string of the molecule is Nc1c(NCc2ccccc2)ncnc1Nc1cccc(C(F)(F)F)c1. The summed E-state index contributed by atoms with van der Waals surface area (Å²) in [5.41, 5.74) is 6.79. The van der Waals surface area contributed by atoms with Crippen LogP contribution >= 0.6 is 0 Å². The maximum atomic E-state index is 12.8. The molecule has 4 N–H and O–H groups in total. The highest BCUT2D eigenvalue weighted by atomic mass is 19.4. The predicted octanol–water partition coefficient (Wildman–Crippen LogP) is 4.43. The molecule has 0 radical (unpaired) electrons. The number of halogens is 3. The normalized spacial score (nSPS) is 11.2. The molecule has 26 heavy (non-hydrogen) atoms. The first-order valence-electron chi connectivity index (χ1n) is 7.76. The molecule has 0 fully saturated rings. The number of benzene rings is 2. The van der Waals surface area contributed by atoms with Gasteiger partial charge in [-0.2, -0.15) is 13.2 Å². The van der Waals surface area contributed by atoms with Crippen molar-refractivity contribution in [1.82, 2.24) is 9.97 Å². The van der Waals surface area contributed by atoms with E-state index in [2.05, 4.69) is 20.6 Å². The van der Waals surface area contributed by atoms with E-state index in [1.165, 1.54) is 18.5 Å². The van der Waals surface area contributed by atoms with Crippen molar-refractivity contribution in [1.29, 1.82) is 0 Å². The van der Waals surface area contributed by atoms with Crippen molar-refractivity contribution in [2.45, 2.75) is 12.7 Å². The van der Waals surface area contributed by atoms with Gasteiger partial charge in [-0.25, -0.2) is 9.97 Å². The summed E-state index contributed by atoms with van der Waals surface area (Å²) < 4.78 is 38.5. The summed E-state index contributed by atoms with van der Waals surface area (Å²) in [4.78, 5) is 8.10. The number of aromatic nitrogens is 2. The van der Waals surface area contributed by atoms with E-state index in [4.69, 9.17) is 5.73 Å². The van der Waals surface area contributed by atoms with E-state index in [1.54, 1.807) is 0 Å². The molecule has 0 spiro atoms. The molecule has 1 heterocycles. The molecule has 0 saturated heterocycles. The third-order valence-electron chi connectivity index (χ3n) is 3.64. The molecule has 134 valence electrons. The van der Waals surface area contributed by atoms with Crippen molar-refractivity contribution >= 4 is 23.0 Å². The second-order valence-electron chi connectivity index (χ2n) is 5.53. The van der Waals surface area contributed by atoms with Crippen LogP contribution in [0.3, 0.4) is 0 Å². The van der Waals surface area contributed by atoms with Gasteiger partial charge in [-0.1, -0.05) is 36.4 Å². The maximum absolute atomic E-state index is 12.8. The van der Waals surface area contributed by atoms with E-state index in [1.807, 2.05) is 30.3 Å². The number of hydrogen-bond donors (Lipinski definition) is 3. The number of nitrogens with zero attached hydrogens (tertiary/aromatic N) is 2. The van der Waals surface area contributed by atoms with Gasteiger partial charge in [0, 0.05) is 12.2 Å². The smallest absolute Gasteiger partial charge is 0.393 e. The quantitative estimate of drug-likeness (QED) is 0.628.